The van der Waals surface area contributed by atoms with Crippen LogP contribution in [0, 0.1) is 42.4 Å². The minimum Gasteiger partial charge on any atom is -0.457 e. The monoisotopic (exact) mass is 956 g/mol. The van der Waals surface area contributed by atoms with Crippen LogP contribution in [0.25, 0.3) is 0 Å². The SMILES string of the molecule is Cc1ccc(Oc2ccc(Oc3ccc(N4C(=O)c5ccc(Oc6ccc(Oc7ccc8c(c7)C(=O)N(C)C8=O)cc6C67CC8CC(CC(C8)C6)C7)cc5C4=O)cc3)cc2C23CC4CC(CC(C4)C2)C3)cc1. The van der Waals surface area contributed by atoms with E-state index in [0.717, 1.165) is 64.7 Å². The number of rotatable bonds is 11. The zero-order valence-corrected chi connectivity index (χ0v) is 40.7. The standard InChI is InChI=1S/C62H56N2O8/c1-35-3-7-44(8-4-35)71-55-17-13-47(27-53(55)61-29-36-19-37(30-61)21-38(20-36)31-61)69-43-9-5-42(6-10-43)64-59(67)50-16-12-46(26-52(50)60(64)68)72-56-18-14-48(70-45-11-15-49-51(25-45)58(66)63(2)57(49)65)28-54(56)62-32-39-22-40(33-62)24-41(23-39)34-62/h3-18,25-28,36-41H,19-24,29-34H2,1-2H3. The van der Waals surface area contributed by atoms with E-state index in [1.807, 2.05) is 42.5 Å². The molecular formula is C62H56N2O8. The molecular weight excluding hydrogens is 901 g/mol. The Morgan fingerprint density at radius 3 is 1.25 bits per heavy atom. The van der Waals surface area contributed by atoms with E-state index in [2.05, 4.69) is 37.3 Å². The Labute approximate surface area is 419 Å². The van der Waals surface area contributed by atoms with Crippen molar-refractivity contribution in [1.29, 1.82) is 0 Å². The lowest BCUT2D eigenvalue weighted by Crippen LogP contribution is -2.48. The van der Waals surface area contributed by atoms with Gasteiger partial charge in [-0.2, -0.15) is 0 Å². The molecule has 2 aliphatic heterocycles. The number of amides is 4. The predicted molar refractivity (Wildman–Crippen MR) is 271 cm³/mol. The second kappa shape index (κ2) is 16.2. The molecule has 6 aromatic rings. The Kier molecular flexibility index (Phi) is 9.78. The molecule has 72 heavy (non-hydrogen) atoms. The first kappa shape index (κ1) is 43.6. The summed E-state index contributed by atoms with van der Waals surface area (Å²) in [7, 11) is 1.49. The van der Waals surface area contributed by atoms with Crippen LogP contribution < -0.4 is 23.8 Å². The average molecular weight is 957 g/mol. The van der Waals surface area contributed by atoms with Crippen LogP contribution in [0.3, 0.4) is 0 Å². The zero-order chi connectivity index (χ0) is 48.6. The van der Waals surface area contributed by atoms with E-state index < -0.39 is 5.91 Å². The van der Waals surface area contributed by atoms with Crippen molar-refractivity contribution < 1.29 is 38.1 Å². The molecule has 8 saturated carbocycles. The van der Waals surface area contributed by atoms with E-state index in [-0.39, 0.29) is 34.1 Å². The van der Waals surface area contributed by atoms with Crippen LogP contribution in [0.15, 0.2) is 121 Å². The Morgan fingerprint density at radius 1 is 0.389 bits per heavy atom. The minimum absolute atomic E-state index is 0.0703. The molecule has 362 valence electrons. The van der Waals surface area contributed by atoms with Gasteiger partial charge in [0, 0.05) is 18.2 Å². The summed E-state index contributed by atoms with van der Waals surface area (Å²) in [4.78, 5) is 56.0. The molecule has 0 unspecified atom stereocenters. The fourth-order valence-corrected chi connectivity index (χ4v) is 15.8. The number of anilines is 1. The summed E-state index contributed by atoms with van der Waals surface area (Å²) in [6.07, 6.45) is 14.7. The van der Waals surface area contributed by atoms with E-state index in [1.54, 1.807) is 48.5 Å². The Balaban J connectivity index is 0.718. The van der Waals surface area contributed by atoms with E-state index in [0.29, 0.717) is 68.9 Å². The maximum atomic E-state index is 14.3. The number of carbonyl (C=O) groups is 4. The topological polar surface area (TPSA) is 112 Å². The Bertz CT molecular complexity index is 3210. The van der Waals surface area contributed by atoms with Gasteiger partial charge in [-0.25, -0.2) is 4.90 Å². The summed E-state index contributed by atoms with van der Waals surface area (Å²) in [6.45, 7) is 2.08. The van der Waals surface area contributed by atoms with Crippen molar-refractivity contribution in [3.63, 3.8) is 0 Å². The van der Waals surface area contributed by atoms with Crippen LogP contribution in [0.1, 0.15) is 135 Å². The number of imide groups is 2. The lowest BCUT2D eigenvalue weighted by atomic mass is 9.48. The molecule has 4 amide bonds. The molecule has 16 rings (SSSR count). The Hall–Kier alpha value is -7.20. The van der Waals surface area contributed by atoms with Crippen molar-refractivity contribution in [2.24, 2.45) is 35.5 Å². The molecule has 6 aromatic carbocycles. The fourth-order valence-electron chi connectivity index (χ4n) is 15.8. The van der Waals surface area contributed by atoms with Crippen molar-refractivity contribution in [3.05, 3.63) is 160 Å². The molecule has 10 aliphatic rings. The van der Waals surface area contributed by atoms with Gasteiger partial charge >= 0.3 is 0 Å². The van der Waals surface area contributed by atoms with E-state index in [4.69, 9.17) is 18.9 Å². The molecule has 10 heteroatoms. The summed E-state index contributed by atoms with van der Waals surface area (Å²) in [5, 5.41) is 0. The number of carbonyl (C=O) groups excluding carboxylic acids is 4. The number of hydrogen-bond donors (Lipinski definition) is 0. The first-order chi connectivity index (χ1) is 34.9. The lowest BCUT2D eigenvalue weighted by Gasteiger charge is -2.57. The number of aryl methyl sites for hydroxylation is 1. The van der Waals surface area contributed by atoms with Crippen LogP contribution >= 0.6 is 0 Å². The normalized spacial score (nSPS) is 28.2. The maximum absolute atomic E-state index is 14.3. The maximum Gasteiger partial charge on any atom is 0.266 e. The van der Waals surface area contributed by atoms with Gasteiger partial charge in [-0.15, -0.1) is 0 Å². The summed E-state index contributed by atoms with van der Waals surface area (Å²) >= 11 is 0. The molecule has 0 atom stereocenters. The highest BCUT2D eigenvalue weighted by Crippen LogP contribution is 2.64. The number of fused-ring (bicyclic) bond motifs is 2. The van der Waals surface area contributed by atoms with Crippen molar-refractivity contribution in [3.8, 4) is 46.0 Å². The van der Waals surface area contributed by atoms with Crippen molar-refractivity contribution in [2.75, 3.05) is 11.9 Å². The summed E-state index contributed by atoms with van der Waals surface area (Å²) in [5.41, 5.74) is 5.26. The van der Waals surface area contributed by atoms with Gasteiger partial charge in [0.05, 0.1) is 27.9 Å². The highest BCUT2D eigenvalue weighted by Gasteiger charge is 2.54. The van der Waals surface area contributed by atoms with Gasteiger partial charge in [-0.1, -0.05) is 17.7 Å². The van der Waals surface area contributed by atoms with E-state index >= 15 is 0 Å². The summed E-state index contributed by atoms with van der Waals surface area (Å²) < 4.78 is 26.5. The molecule has 8 bridgehead atoms. The molecule has 0 saturated heterocycles. The lowest BCUT2D eigenvalue weighted by molar-refractivity contribution is -0.00619. The van der Waals surface area contributed by atoms with Gasteiger partial charge in [0.2, 0.25) is 0 Å². The first-order valence-electron chi connectivity index (χ1n) is 26.1. The zero-order valence-electron chi connectivity index (χ0n) is 40.7. The quantitative estimate of drug-likeness (QED) is 0.118. The van der Waals surface area contributed by atoms with Crippen molar-refractivity contribution in [2.45, 2.75) is 94.8 Å². The van der Waals surface area contributed by atoms with Gasteiger partial charge in [0.25, 0.3) is 23.6 Å². The van der Waals surface area contributed by atoms with Crippen LogP contribution in [0.4, 0.5) is 5.69 Å². The first-order valence-corrected chi connectivity index (χ1v) is 26.1. The van der Waals surface area contributed by atoms with Crippen LogP contribution in [-0.4, -0.2) is 35.6 Å². The van der Waals surface area contributed by atoms with Gasteiger partial charge in [-0.3, -0.25) is 24.1 Å². The van der Waals surface area contributed by atoms with E-state index in [9.17, 15) is 19.2 Å². The summed E-state index contributed by atoms with van der Waals surface area (Å²) in [6, 6.07) is 37.7. The average Bonchev–Trinajstić information content (AvgIpc) is 3.73. The smallest absolute Gasteiger partial charge is 0.266 e. The number of hydrogen-bond acceptors (Lipinski definition) is 8. The third-order valence-electron chi connectivity index (χ3n) is 18.1. The van der Waals surface area contributed by atoms with Crippen LogP contribution in [0.5, 0.6) is 46.0 Å². The Morgan fingerprint density at radius 2 is 0.736 bits per heavy atom. The van der Waals surface area contributed by atoms with Gasteiger partial charge < -0.3 is 18.9 Å². The summed E-state index contributed by atoms with van der Waals surface area (Å²) in [5.74, 6) is 8.15. The molecule has 0 aromatic heterocycles. The van der Waals surface area contributed by atoms with Crippen LogP contribution in [0.2, 0.25) is 0 Å². The van der Waals surface area contributed by atoms with Crippen LogP contribution in [-0.2, 0) is 10.8 Å². The molecule has 10 nitrogen and oxygen atoms in total. The molecule has 0 spiro atoms. The van der Waals surface area contributed by atoms with Crippen molar-refractivity contribution >= 4 is 29.3 Å². The largest absolute Gasteiger partial charge is 0.457 e. The highest BCUT2D eigenvalue weighted by molar-refractivity contribution is 6.34. The van der Waals surface area contributed by atoms with Crippen molar-refractivity contribution in [1.82, 2.24) is 4.90 Å². The fraction of sp³-hybridized carbons (Fsp3) is 0.355. The minimum atomic E-state index is -0.413. The molecule has 8 fully saturated rings. The number of benzene rings is 6. The molecule has 0 radical (unpaired) electrons. The number of ether oxygens (including phenoxy) is 4. The highest BCUT2D eigenvalue weighted by atomic mass is 16.5. The number of nitrogens with zero attached hydrogens (tertiary/aromatic N) is 2. The third kappa shape index (κ3) is 7.18. The van der Waals surface area contributed by atoms with Gasteiger partial charge in [0.15, 0.2) is 0 Å². The van der Waals surface area contributed by atoms with E-state index in [1.165, 1.54) is 80.9 Å². The second-order valence-electron chi connectivity index (χ2n) is 23.0. The predicted octanol–water partition coefficient (Wildman–Crippen LogP) is 14.1. The molecule has 0 N–H and O–H groups in total. The van der Waals surface area contributed by atoms with Gasteiger partial charge in [-0.05, 0) is 240 Å². The molecule has 8 aliphatic carbocycles. The third-order valence-corrected chi connectivity index (χ3v) is 18.1. The van der Waals surface area contributed by atoms with Gasteiger partial charge in [0.1, 0.15) is 46.0 Å². The molecule has 2 heterocycles. The second-order valence-corrected chi connectivity index (χ2v) is 23.0.